The molecule has 0 spiro atoms. The van der Waals surface area contributed by atoms with Gasteiger partial charge in [-0.3, -0.25) is 14.7 Å². The van der Waals surface area contributed by atoms with Crippen molar-refractivity contribution in [3.8, 4) is 0 Å². The first-order valence-corrected chi connectivity index (χ1v) is 11.0. The second-order valence-corrected chi connectivity index (χ2v) is 8.77. The highest BCUT2D eigenvalue weighted by molar-refractivity contribution is 7.13. The molecule has 0 saturated carbocycles. The van der Waals surface area contributed by atoms with Crippen LogP contribution >= 0.6 is 11.3 Å². The smallest absolute Gasteiger partial charge is 0.229 e. The summed E-state index contributed by atoms with van der Waals surface area (Å²) in [6.45, 7) is 7.15. The summed E-state index contributed by atoms with van der Waals surface area (Å²) in [5, 5.41) is 5.83. The molecule has 2 aliphatic rings. The quantitative estimate of drug-likeness (QED) is 0.832. The van der Waals surface area contributed by atoms with Crippen molar-refractivity contribution >= 4 is 28.2 Å². The van der Waals surface area contributed by atoms with Crippen LogP contribution in [-0.2, 0) is 11.3 Å². The molecule has 0 aromatic carbocycles. The number of hydrogen-bond acceptors (Lipinski definition) is 7. The SMILES string of the molecule is CC1CCN(Cc2csc(NC(=O)C3CCN(c4cnccn4)CC3)n2)CC1. The fourth-order valence-electron chi connectivity index (χ4n) is 3.92. The molecule has 7 nitrogen and oxygen atoms in total. The van der Waals surface area contributed by atoms with Crippen molar-refractivity contribution in [2.24, 2.45) is 11.8 Å². The lowest BCUT2D eigenvalue weighted by Crippen LogP contribution is -2.38. The van der Waals surface area contributed by atoms with E-state index in [1.807, 2.05) is 0 Å². The zero-order valence-electron chi connectivity index (χ0n) is 16.4. The molecule has 2 aromatic rings. The molecule has 28 heavy (non-hydrogen) atoms. The highest BCUT2D eigenvalue weighted by Gasteiger charge is 2.26. The summed E-state index contributed by atoms with van der Waals surface area (Å²) in [5.41, 5.74) is 1.06. The van der Waals surface area contributed by atoms with E-state index in [0.29, 0.717) is 0 Å². The number of piperidine rings is 2. The lowest BCUT2D eigenvalue weighted by Gasteiger charge is -2.31. The zero-order valence-corrected chi connectivity index (χ0v) is 17.2. The zero-order chi connectivity index (χ0) is 19.3. The summed E-state index contributed by atoms with van der Waals surface area (Å²) < 4.78 is 0. The second-order valence-electron chi connectivity index (χ2n) is 7.92. The highest BCUT2D eigenvalue weighted by Crippen LogP contribution is 2.24. The average Bonchev–Trinajstić information content (AvgIpc) is 3.17. The third-order valence-electron chi connectivity index (χ3n) is 5.78. The highest BCUT2D eigenvalue weighted by atomic mass is 32.1. The molecule has 0 unspecified atom stereocenters. The Morgan fingerprint density at radius 1 is 1.18 bits per heavy atom. The van der Waals surface area contributed by atoms with E-state index in [1.165, 1.54) is 24.2 Å². The van der Waals surface area contributed by atoms with E-state index < -0.39 is 0 Å². The molecule has 1 N–H and O–H groups in total. The molecule has 0 bridgehead atoms. The summed E-state index contributed by atoms with van der Waals surface area (Å²) >= 11 is 1.53. The van der Waals surface area contributed by atoms with Gasteiger partial charge in [0.15, 0.2) is 5.13 Å². The van der Waals surface area contributed by atoms with Crippen LogP contribution in [0.4, 0.5) is 10.9 Å². The Balaban J connectivity index is 1.25. The Bertz CT molecular complexity index is 766. The van der Waals surface area contributed by atoms with Gasteiger partial charge in [0, 0.05) is 43.3 Å². The fourth-order valence-corrected chi connectivity index (χ4v) is 4.62. The molecule has 4 heterocycles. The number of carbonyl (C=O) groups excluding carboxylic acids is 1. The molecule has 4 rings (SSSR count). The Labute approximate surface area is 170 Å². The number of aromatic nitrogens is 3. The number of nitrogens with one attached hydrogen (secondary N) is 1. The Kier molecular flexibility index (Phi) is 6.17. The van der Waals surface area contributed by atoms with E-state index >= 15 is 0 Å². The van der Waals surface area contributed by atoms with Crippen molar-refractivity contribution in [2.75, 3.05) is 36.4 Å². The molecule has 0 radical (unpaired) electrons. The van der Waals surface area contributed by atoms with Crippen LogP contribution in [0.15, 0.2) is 24.0 Å². The summed E-state index contributed by atoms with van der Waals surface area (Å²) in [6.07, 6.45) is 9.35. The normalized spacial score (nSPS) is 19.7. The molecular weight excluding hydrogens is 372 g/mol. The number of amides is 1. The number of thiazole rings is 1. The van der Waals surface area contributed by atoms with Crippen LogP contribution in [0.5, 0.6) is 0 Å². The lowest BCUT2D eigenvalue weighted by molar-refractivity contribution is -0.120. The number of anilines is 2. The maximum Gasteiger partial charge on any atom is 0.229 e. The third kappa shape index (κ3) is 4.86. The van der Waals surface area contributed by atoms with E-state index in [2.05, 4.69) is 42.4 Å². The van der Waals surface area contributed by atoms with Gasteiger partial charge in [-0.25, -0.2) is 9.97 Å². The minimum absolute atomic E-state index is 0.0313. The molecule has 0 aliphatic carbocycles. The van der Waals surface area contributed by atoms with E-state index in [4.69, 9.17) is 0 Å². The largest absolute Gasteiger partial charge is 0.355 e. The van der Waals surface area contributed by atoms with Crippen molar-refractivity contribution in [3.05, 3.63) is 29.7 Å². The standard InChI is InChI=1S/C20H28N6OS/c1-15-2-8-25(9-3-15)13-17-14-28-20(23-17)24-19(27)16-4-10-26(11-5-16)18-12-21-6-7-22-18/h6-7,12,14-16H,2-5,8-11,13H2,1H3,(H,23,24,27). The minimum atomic E-state index is 0.0313. The van der Waals surface area contributed by atoms with E-state index in [0.717, 1.165) is 68.1 Å². The number of nitrogens with zero attached hydrogens (tertiary/aromatic N) is 5. The molecule has 0 atom stereocenters. The van der Waals surface area contributed by atoms with Gasteiger partial charge in [0.1, 0.15) is 5.82 Å². The number of carbonyl (C=O) groups is 1. The molecular formula is C20H28N6OS. The van der Waals surface area contributed by atoms with Crippen LogP contribution in [-0.4, -0.2) is 51.9 Å². The van der Waals surface area contributed by atoms with E-state index in [-0.39, 0.29) is 11.8 Å². The first-order chi connectivity index (χ1) is 13.7. The van der Waals surface area contributed by atoms with Crippen LogP contribution in [0.1, 0.15) is 38.3 Å². The van der Waals surface area contributed by atoms with Gasteiger partial charge in [-0.1, -0.05) is 6.92 Å². The lowest BCUT2D eigenvalue weighted by atomic mass is 9.96. The van der Waals surface area contributed by atoms with Crippen molar-refractivity contribution < 1.29 is 4.79 Å². The van der Waals surface area contributed by atoms with Crippen LogP contribution in [0.3, 0.4) is 0 Å². The van der Waals surface area contributed by atoms with Gasteiger partial charge < -0.3 is 10.2 Å². The second kappa shape index (κ2) is 8.96. The third-order valence-corrected chi connectivity index (χ3v) is 6.59. The van der Waals surface area contributed by atoms with Gasteiger partial charge in [0.2, 0.25) is 5.91 Å². The van der Waals surface area contributed by atoms with Gasteiger partial charge in [0.05, 0.1) is 11.9 Å². The summed E-state index contributed by atoms with van der Waals surface area (Å²) in [4.78, 5) is 30.4. The summed E-state index contributed by atoms with van der Waals surface area (Å²) in [5.74, 6) is 1.84. The Hall–Kier alpha value is -2.06. The molecule has 2 fully saturated rings. The number of rotatable bonds is 5. The monoisotopic (exact) mass is 400 g/mol. The molecule has 2 saturated heterocycles. The van der Waals surface area contributed by atoms with Crippen LogP contribution in [0, 0.1) is 11.8 Å². The fraction of sp³-hybridized carbons (Fsp3) is 0.600. The maximum absolute atomic E-state index is 12.6. The topological polar surface area (TPSA) is 74.2 Å². The average molecular weight is 401 g/mol. The molecule has 2 aromatic heterocycles. The maximum atomic E-state index is 12.6. The van der Waals surface area contributed by atoms with E-state index in [9.17, 15) is 4.79 Å². The van der Waals surface area contributed by atoms with Gasteiger partial charge in [-0.05, 0) is 44.7 Å². The van der Waals surface area contributed by atoms with Crippen molar-refractivity contribution in [1.82, 2.24) is 19.9 Å². The number of hydrogen-bond donors (Lipinski definition) is 1. The van der Waals surface area contributed by atoms with Gasteiger partial charge >= 0.3 is 0 Å². The first-order valence-electron chi connectivity index (χ1n) is 10.2. The van der Waals surface area contributed by atoms with Crippen LogP contribution in [0.2, 0.25) is 0 Å². The first kappa shape index (κ1) is 19.3. The summed E-state index contributed by atoms with van der Waals surface area (Å²) in [6, 6.07) is 0. The van der Waals surface area contributed by atoms with Crippen molar-refractivity contribution in [2.45, 2.75) is 39.2 Å². The van der Waals surface area contributed by atoms with Gasteiger partial charge in [0.25, 0.3) is 0 Å². The van der Waals surface area contributed by atoms with Crippen LogP contribution in [0.25, 0.3) is 0 Å². The molecule has 2 aliphatic heterocycles. The predicted molar refractivity (Wildman–Crippen MR) is 111 cm³/mol. The van der Waals surface area contributed by atoms with Crippen molar-refractivity contribution in [3.63, 3.8) is 0 Å². The summed E-state index contributed by atoms with van der Waals surface area (Å²) in [7, 11) is 0. The van der Waals surface area contributed by atoms with Crippen molar-refractivity contribution in [1.29, 1.82) is 0 Å². The van der Waals surface area contributed by atoms with E-state index in [1.54, 1.807) is 18.6 Å². The molecule has 8 heteroatoms. The Morgan fingerprint density at radius 2 is 1.96 bits per heavy atom. The molecule has 1 amide bonds. The van der Waals surface area contributed by atoms with Gasteiger partial charge in [-0.2, -0.15) is 0 Å². The Morgan fingerprint density at radius 3 is 2.68 bits per heavy atom. The van der Waals surface area contributed by atoms with Gasteiger partial charge in [-0.15, -0.1) is 11.3 Å². The predicted octanol–water partition coefficient (Wildman–Crippen LogP) is 3.02. The molecule has 150 valence electrons. The minimum Gasteiger partial charge on any atom is -0.355 e. The van der Waals surface area contributed by atoms with Crippen LogP contribution < -0.4 is 10.2 Å². The number of likely N-dealkylation sites (tertiary alicyclic amines) is 1.